The van der Waals surface area contributed by atoms with Crippen LogP contribution >= 0.6 is 0 Å². The summed E-state index contributed by atoms with van der Waals surface area (Å²) < 4.78 is 5.95. The number of fused-ring (bicyclic) bond motifs is 1. The molecule has 0 bridgehead atoms. The van der Waals surface area contributed by atoms with Crippen LogP contribution in [0.1, 0.15) is 27.4 Å². The Morgan fingerprint density at radius 2 is 1.89 bits per heavy atom. The van der Waals surface area contributed by atoms with Gasteiger partial charge in [-0.15, -0.1) is 0 Å². The van der Waals surface area contributed by atoms with E-state index in [1.807, 2.05) is 36.4 Å². The molecule has 1 amide bonds. The number of nitrogens with one attached hydrogen (secondary N) is 1. The molecule has 5 heteroatoms. The molecule has 5 nitrogen and oxygen atoms in total. The zero-order chi connectivity index (χ0) is 18.8. The Labute approximate surface area is 156 Å². The van der Waals surface area contributed by atoms with Gasteiger partial charge in [0.2, 0.25) is 0 Å². The molecular weight excluding hydrogens is 340 g/mol. The molecule has 3 aromatic carbocycles. The van der Waals surface area contributed by atoms with E-state index in [0.29, 0.717) is 17.9 Å². The molecule has 27 heavy (non-hydrogen) atoms. The fraction of sp³-hybridized carbons (Fsp3) is 0.0909. The van der Waals surface area contributed by atoms with Crippen LogP contribution in [-0.4, -0.2) is 16.1 Å². The van der Waals surface area contributed by atoms with Gasteiger partial charge in [0, 0.05) is 12.0 Å². The van der Waals surface area contributed by atoms with Crippen LogP contribution < -0.4 is 5.48 Å². The van der Waals surface area contributed by atoms with E-state index in [1.54, 1.807) is 23.7 Å². The van der Waals surface area contributed by atoms with E-state index in [2.05, 4.69) is 24.0 Å². The second kappa shape index (κ2) is 7.05. The third-order valence-corrected chi connectivity index (χ3v) is 4.51. The van der Waals surface area contributed by atoms with Crippen molar-refractivity contribution in [2.45, 2.75) is 13.3 Å². The lowest BCUT2D eigenvalue weighted by atomic mass is 10.0. The highest BCUT2D eigenvalue weighted by Gasteiger charge is 2.12. The summed E-state index contributed by atoms with van der Waals surface area (Å²) in [4.78, 5) is 16.2. The van der Waals surface area contributed by atoms with E-state index in [1.165, 1.54) is 0 Å². The molecule has 0 fully saturated rings. The normalized spacial score (nSPS) is 10.9. The van der Waals surface area contributed by atoms with Crippen molar-refractivity contribution in [3.8, 4) is 11.1 Å². The number of aromatic nitrogens is 1. The van der Waals surface area contributed by atoms with Crippen molar-refractivity contribution in [2.75, 3.05) is 0 Å². The number of hydrogen-bond donors (Lipinski definition) is 2. The average Bonchev–Trinajstić information content (AvgIpc) is 3.08. The molecule has 0 aliphatic heterocycles. The lowest BCUT2D eigenvalue weighted by Crippen LogP contribution is -2.18. The van der Waals surface area contributed by atoms with Crippen LogP contribution in [0.15, 0.2) is 71.1 Å². The molecule has 4 rings (SSSR count). The van der Waals surface area contributed by atoms with Gasteiger partial charge in [0.05, 0.1) is 0 Å². The van der Waals surface area contributed by atoms with Gasteiger partial charge >= 0.3 is 0 Å². The van der Waals surface area contributed by atoms with Crippen LogP contribution in [0.4, 0.5) is 0 Å². The van der Waals surface area contributed by atoms with Gasteiger partial charge in [0.25, 0.3) is 5.91 Å². The quantitative estimate of drug-likeness (QED) is 0.416. The highest BCUT2D eigenvalue weighted by atomic mass is 16.5. The Kier molecular flexibility index (Phi) is 4.44. The molecule has 1 heterocycles. The summed E-state index contributed by atoms with van der Waals surface area (Å²) in [5, 5.41) is 8.78. The molecule has 0 atom stereocenters. The summed E-state index contributed by atoms with van der Waals surface area (Å²) in [7, 11) is 0. The van der Waals surface area contributed by atoms with Gasteiger partial charge in [-0.3, -0.25) is 10.0 Å². The minimum Gasteiger partial charge on any atom is -0.440 e. The van der Waals surface area contributed by atoms with Gasteiger partial charge in [-0.1, -0.05) is 42.5 Å². The fourth-order valence-electron chi connectivity index (χ4n) is 3.19. The second-order valence-corrected chi connectivity index (χ2v) is 6.43. The predicted octanol–water partition coefficient (Wildman–Crippen LogP) is 4.51. The van der Waals surface area contributed by atoms with Crippen molar-refractivity contribution in [1.82, 2.24) is 10.5 Å². The van der Waals surface area contributed by atoms with Crippen molar-refractivity contribution in [1.29, 1.82) is 0 Å². The molecule has 1 aromatic heterocycles. The Hall–Kier alpha value is -3.44. The third kappa shape index (κ3) is 3.45. The molecule has 4 aromatic rings. The molecule has 0 radical (unpaired) electrons. The zero-order valence-corrected chi connectivity index (χ0v) is 14.8. The molecule has 0 aliphatic rings. The number of oxazole rings is 1. The van der Waals surface area contributed by atoms with E-state index >= 15 is 0 Å². The highest BCUT2D eigenvalue weighted by molar-refractivity contribution is 5.93. The number of aryl methyl sites for hydroxylation is 1. The maximum absolute atomic E-state index is 11.6. The number of carbonyl (C=O) groups is 1. The lowest BCUT2D eigenvalue weighted by Gasteiger charge is -2.05. The first-order valence-corrected chi connectivity index (χ1v) is 8.63. The Balaban J connectivity index is 1.67. The standard InChI is InChI=1S/C22H18N2O3/c1-14-10-19-20(13-18(14)16-7-3-2-4-8-16)27-21(23-19)12-15-6-5-9-17(11-15)22(25)24-26/h2-11,13,26H,12H2,1H3,(H,24,25). The van der Waals surface area contributed by atoms with Gasteiger partial charge in [0.15, 0.2) is 11.5 Å². The van der Waals surface area contributed by atoms with Crippen LogP contribution in [0.2, 0.25) is 0 Å². The van der Waals surface area contributed by atoms with Crippen molar-refractivity contribution >= 4 is 17.0 Å². The highest BCUT2D eigenvalue weighted by Crippen LogP contribution is 2.29. The molecule has 134 valence electrons. The van der Waals surface area contributed by atoms with E-state index in [9.17, 15) is 4.79 Å². The second-order valence-electron chi connectivity index (χ2n) is 6.43. The number of rotatable bonds is 4. The zero-order valence-electron chi connectivity index (χ0n) is 14.8. The van der Waals surface area contributed by atoms with Gasteiger partial charge in [-0.05, 0) is 53.4 Å². The maximum Gasteiger partial charge on any atom is 0.274 e. The Morgan fingerprint density at radius 3 is 2.67 bits per heavy atom. The molecule has 2 N–H and O–H groups in total. The van der Waals surface area contributed by atoms with Crippen LogP contribution in [0.5, 0.6) is 0 Å². The van der Waals surface area contributed by atoms with Crippen molar-refractivity contribution in [3.63, 3.8) is 0 Å². The van der Waals surface area contributed by atoms with E-state index in [0.717, 1.165) is 33.4 Å². The monoisotopic (exact) mass is 358 g/mol. The van der Waals surface area contributed by atoms with Crippen molar-refractivity contribution in [3.05, 3.63) is 89.3 Å². The van der Waals surface area contributed by atoms with E-state index < -0.39 is 5.91 Å². The smallest absolute Gasteiger partial charge is 0.274 e. The molecule has 0 unspecified atom stereocenters. The number of carbonyl (C=O) groups excluding carboxylic acids is 1. The van der Waals surface area contributed by atoms with Gasteiger partial charge in [-0.2, -0.15) is 0 Å². The fourth-order valence-corrected chi connectivity index (χ4v) is 3.19. The molecule has 0 saturated heterocycles. The number of hydrogen-bond acceptors (Lipinski definition) is 4. The predicted molar refractivity (Wildman–Crippen MR) is 103 cm³/mol. The molecule has 0 saturated carbocycles. The van der Waals surface area contributed by atoms with E-state index in [-0.39, 0.29) is 0 Å². The summed E-state index contributed by atoms with van der Waals surface area (Å²) in [5.74, 6) is 0.0358. The summed E-state index contributed by atoms with van der Waals surface area (Å²) in [6.07, 6.45) is 0.459. The van der Waals surface area contributed by atoms with Gasteiger partial charge in [-0.25, -0.2) is 10.5 Å². The minimum absolute atomic E-state index is 0.383. The maximum atomic E-state index is 11.6. The van der Waals surface area contributed by atoms with Crippen molar-refractivity contribution in [2.24, 2.45) is 0 Å². The topological polar surface area (TPSA) is 75.4 Å². The summed E-state index contributed by atoms with van der Waals surface area (Å²) >= 11 is 0. The largest absolute Gasteiger partial charge is 0.440 e. The Bertz CT molecular complexity index is 1120. The SMILES string of the molecule is Cc1cc2nc(Cc3cccc(C(=O)NO)c3)oc2cc1-c1ccccc1. The third-order valence-electron chi connectivity index (χ3n) is 4.51. The molecule has 0 aliphatic carbocycles. The van der Waals surface area contributed by atoms with Gasteiger partial charge < -0.3 is 4.42 Å². The lowest BCUT2D eigenvalue weighted by molar-refractivity contribution is 0.0706. The first-order valence-electron chi connectivity index (χ1n) is 8.63. The molecular formula is C22H18N2O3. The number of nitrogens with zero attached hydrogens (tertiary/aromatic N) is 1. The summed E-state index contributed by atoms with van der Waals surface area (Å²) in [6, 6.07) is 21.2. The Morgan fingerprint density at radius 1 is 1.07 bits per heavy atom. The first-order chi connectivity index (χ1) is 13.1. The van der Waals surface area contributed by atoms with Crippen LogP contribution in [0, 0.1) is 6.92 Å². The van der Waals surface area contributed by atoms with Gasteiger partial charge in [0.1, 0.15) is 5.52 Å². The average molecular weight is 358 g/mol. The first kappa shape index (κ1) is 17.0. The van der Waals surface area contributed by atoms with Crippen LogP contribution in [-0.2, 0) is 6.42 Å². The number of amides is 1. The number of benzene rings is 3. The summed E-state index contributed by atoms with van der Waals surface area (Å²) in [5.41, 5.74) is 7.84. The molecule has 0 spiro atoms. The number of hydroxylamine groups is 1. The van der Waals surface area contributed by atoms with Crippen molar-refractivity contribution < 1.29 is 14.4 Å². The summed E-state index contributed by atoms with van der Waals surface area (Å²) in [6.45, 7) is 2.06. The van der Waals surface area contributed by atoms with E-state index in [4.69, 9.17) is 9.62 Å². The van der Waals surface area contributed by atoms with Crippen LogP contribution in [0.25, 0.3) is 22.2 Å². The minimum atomic E-state index is -0.544. The van der Waals surface area contributed by atoms with Crippen LogP contribution in [0.3, 0.4) is 0 Å².